The van der Waals surface area contributed by atoms with Gasteiger partial charge in [-0.05, 0) is 43.9 Å². The summed E-state index contributed by atoms with van der Waals surface area (Å²) in [6, 6.07) is 3.19. The Morgan fingerprint density at radius 2 is 2.05 bits per heavy atom. The highest BCUT2D eigenvalue weighted by Gasteiger charge is 2.20. The van der Waals surface area contributed by atoms with Crippen molar-refractivity contribution in [3.8, 4) is 0 Å². The molecule has 0 aliphatic heterocycles. The van der Waals surface area contributed by atoms with E-state index in [9.17, 15) is 24.4 Å². The van der Waals surface area contributed by atoms with Crippen LogP contribution in [0.4, 0.5) is 10.1 Å². The van der Waals surface area contributed by atoms with E-state index in [1.807, 2.05) is 0 Å². The van der Waals surface area contributed by atoms with E-state index in [0.29, 0.717) is 25.7 Å². The van der Waals surface area contributed by atoms with Crippen molar-refractivity contribution in [2.75, 3.05) is 0 Å². The normalized spacial score (nSPS) is 21.7. The first kappa shape index (κ1) is 16.1. The van der Waals surface area contributed by atoms with Gasteiger partial charge in [-0.25, -0.2) is 4.39 Å². The zero-order chi connectivity index (χ0) is 16.1. The Bertz CT molecular complexity index is 595. The molecular weight excluding hydrogens is 291 g/mol. The molecule has 1 fully saturated rings. The Balaban J connectivity index is 1.99. The van der Waals surface area contributed by atoms with E-state index in [4.69, 9.17) is 0 Å². The third-order valence-electron chi connectivity index (χ3n) is 3.65. The van der Waals surface area contributed by atoms with Gasteiger partial charge in [0.15, 0.2) is 0 Å². The fraction of sp³-hybridized carbons (Fsp3) is 0.400. The summed E-state index contributed by atoms with van der Waals surface area (Å²) in [5.74, 6) is -1.06. The second-order valence-corrected chi connectivity index (χ2v) is 5.31. The molecule has 1 amide bonds. The monoisotopic (exact) mass is 308 g/mol. The molecule has 0 saturated heterocycles. The number of nitrogens with zero attached hydrogens (tertiary/aromatic N) is 1. The fourth-order valence-electron chi connectivity index (χ4n) is 2.45. The minimum Gasteiger partial charge on any atom is -0.393 e. The molecule has 2 rings (SSSR count). The van der Waals surface area contributed by atoms with Crippen LogP contribution in [0.2, 0.25) is 0 Å². The molecule has 0 aromatic heterocycles. The topological polar surface area (TPSA) is 92.5 Å². The largest absolute Gasteiger partial charge is 0.393 e. The molecule has 0 bridgehead atoms. The summed E-state index contributed by atoms with van der Waals surface area (Å²) < 4.78 is 13.0. The van der Waals surface area contributed by atoms with Gasteiger partial charge in [-0.15, -0.1) is 0 Å². The summed E-state index contributed by atoms with van der Waals surface area (Å²) in [4.78, 5) is 22.0. The number of nitro groups is 1. The highest BCUT2D eigenvalue weighted by Crippen LogP contribution is 2.21. The molecule has 0 unspecified atom stereocenters. The summed E-state index contributed by atoms with van der Waals surface area (Å²) in [6.45, 7) is 0. The Morgan fingerprint density at radius 1 is 1.36 bits per heavy atom. The van der Waals surface area contributed by atoms with Crippen molar-refractivity contribution in [3.63, 3.8) is 0 Å². The number of carbonyl (C=O) groups is 1. The van der Waals surface area contributed by atoms with Crippen LogP contribution in [0.15, 0.2) is 24.3 Å². The smallest absolute Gasteiger partial charge is 0.279 e. The lowest BCUT2D eigenvalue weighted by atomic mass is 9.93. The number of nitrogens with one attached hydrogen (secondary N) is 1. The predicted molar refractivity (Wildman–Crippen MR) is 78.5 cm³/mol. The average molecular weight is 308 g/mol. The fourth-order valence-corrected chi connectivity index (χ4v) is 2.45. The number of aliphatic hydroxyl groups excluding tert-OH is 1. The van der Waals surface area contributed by atoms with Gasteiger partial charge in [0.2, 0.25) is 5.91 Å². The Labute approximate surface area is 126 Å². The van der Waals surface area contributed by atoms with Crippen LogP contribution in [0.5, 0.6) is 0 Å². The maximum atomic E-state index is 13.0. The van der Waals surface area contributed by atoms with Gasteiger partial charge in [-0.3, -0.25) is 14.9 Å². The van der Waals surface area contributed by atoms with Crippen LogP contribution >= 0.6 is 0 Å². The summed E-state index contributed by atoms with van der Waals surface area (Å²) >= 11 is 0. The van der Waals surface area contributed by atoms with E-state index < -0.39 is 10.7 Å². The average Bonchev–Trinajstić information content (AvgIpc) is 2.48. The van der Waals surface area contributed by atoms with Gasteiger partial charge in [0.25, 0.3) is 5.69 Å². The van der Waals surface area contributed by atoms with Crippen LogP contribution in [0.25, 0.3) is 6.08 Å². The van der Waals surface area contributed by atoms with Crippen molar-refractivity contribution in [2.45, 2.75) is 37.8 Å². The van der Waals surface area contributed by atoms with Gasteiger partial charge in [0, 0.05) is 12.1 Å². The maximum absolute atomic E-state index is 13.0. The number of nitro benzene ring substituents is 1. The van der Waals surface area contributed by atoms with E-state index in [2.05, 4.69) is 5.32 Å². The maximum Gasteiger partial charge on any atom is 0.279 e. The number of amides is 1. The lowest BCUT2D eigenvalue weighted by Crippen LogP contribution is -2.37. The molecule has 7 heteroatoms. The molecule has 2 N–H and O–H groups in total. The van der Waals surface area contributed by atoms with Crippen LogP contribution in [-0.4, -0.2) is 28.1 Å². The molecule has 6 nitrogen and oxygen atoms in total. The molecule has 1 aromatic carbocycles. The minimum absolute atomic E-state index is 0.00348. The lowest BCUT2D eigenvalue weighted by molar-refractivity contribution is -0.385. The summed E-state index contributed by atoms with van der Waals surface area (Å²) in [5.41, 5.74) is -0.217. The second kappa shape index (κ2) is 7.13. The number of carbonyl (C=O) groups excluding carboxylic acids is 1. The Hall–Kier alpha value is -2.28. The van der Waals surface area contributed by atoms with E-state index in [1.165, 1.54) is 18.2 Å². The van der Waals surface area contributed by atoms with Crippen LogP contribution in [0.3, 0.4) is 0 Å². The first-order chi connectivity index (χ1) is 10.5. The van der Waals surface area contributed by atoms with E-state index in [-0.39, 0.29) is 29.3 Å². The van der Waals surface area contributed by atoms with Crippen molar-refractivity contribution in [2.24, 2.45) is 0 Å². The number of hydrogen-bond donors (Lipinski definition) is 2. The molecule has 0 heterocycles. The van der Waals surface area contributed by atoms with E-state index >= 15 is 0 Å². The third-order valence-corrected chi connectivity index (χ3v) is 3.65. The number of rotatable bonds is 4. The molecule has 22 heavy (non-hydrogen) atoms. The highest BCUT2D eigenvalue weighted by molar-refractivity contribution is 5.92. The lowest BCUT2D eigenvalue weighted by Gasteiger charge is -2.25. The van der Waals surface area contributed by atoms with Crippen LogP contribution in [0, 0.1) is 15.9 Å². The van der Waals surface area contributed by atoms with Gasteiger partial charge < -0.3 is 10.4 Å². The highest BCUT2D eigenvalue weighted by atomic mass is 19.1. The molecule has 0 atom stereocenters. The van der Waals surface area contributed by atoms with Crippen molar-refractivity contribution in [1.29, 1.82) is 0 Å². The summed E-state index contributed by atoms with van der Waals surface area (Å²) in [6.07, 6.45) is 4.91. The first-order valence-corrected chi connectivity index (χ1v) is 7.06. The van der Waals surface area contributed by atoms with Gasteiger partial charge >= 0.3 is 0 Å². The summed E-state index contributed by atoms with van der Waals surface area (Å²) in [5, 5.41) is 23.0. The quantitative estimate of drug-likeness (QED) is 0.506. The van der Waals surface area contributed by atoms with Gasteiger partial charge in [0.05, 0.1) is 22.7 Å². The van der Waals surface area contributed by atoms with Crippen molar-refractivity contribution < 1.29 is 19.2 Å². The molecule has 1 aromatic rings. The molecule has 0 spiro atoms. The van der Waals surface area contributed by atoms with Crippen molar-refractivity contribution >= 4 is 17.7 Å². The zero-order valence-corrected chi connectivity index (χ0v) is 11.9. The third kappa shape index (κ3) is 4.36. The van der Waals surface area contributed by atoms with Gasteiger partial charge in [0.1, 0.15) is 5.82 Å². The minimum atomic E-state index is -0.700. The van der Waals surface area contributed by atoms with Crippen LogP contribution in [0.1, 0.15) is 31.2 Å². The molecule has 1 aliphatic carbocycles. The van der Waals surface area contributed by atoms with Crippen molar-refractivity contribution in [1.82, 2.24) is 5.32 Å². The van der Waals surface area contributed by atoms with E-state index in [0.717, 1.165) is 12.1 Å². The predicted octanol–water partition coefficient (Wildman–Crippen LogP) is 2.17. The number of benzene rings is 1. The SMILES string of the molecule is O=C(C=Cc1ccc(F)cc1[N+](=O)[O-])NC1CCC(O)CC1. The molecule has 0 radical (unpaired) electrons. The van der Waals surface area contributed by atoms with Crippen LogP contribution in [-0.2, 0) is 4.79 Å². The standard InChI is InChI=1S/C15H17FN2O4/c16-11-3-1-10(14(9-11)18(21)22)2-8-15(20)17-12-4-6-13(19)7-5-12/h1-3,8-9,12-13,19H,4-7H2,(H,17,20). The zero-order valence-electron chi connectivity index (χ0n) is 11.9. The van der Waals surface area contributed by atoms with E-state index in [1.54, 1.807) is 0 Å². The molecule has 118 valence electrons. The molecular formula is C15H17FN2O4. The Morgan fingerprint density at radius 3 is 2.68 bits per heavy atom. The van der Waals surface area contributed by atoms with Gasteiger partial charge in [-0.2, -0.15) is 0 Å². The van der Waals surface area contributed by atoms with Gasteiger partial charge in [-0.1, -0.05) is 0 Å². The van der Waals surface area contributed by atoms with Crippen LogP contribution < -0.4 is 5.32 Å². The summed E-state index contributed by atoms with van der Waals surface area (Å²) in [7, 11) is 0. The molecule has 1 saturated carbocycles. The second-order valence-electron chi connectivity index (χ2n) is 5.31. The number of aliphatic hydroxyl groups is 1. The Kier molecular flexibility index (Phi) is 5.21. The van der Waals surface area contributed by atoms with Crippen molar-refractivity contribution in [3.05, 3.63) is 45.8 Å². The number of halogens is 1. The first-order valence-electron chi connectivity index (χ1n) is 7.06. The number of hydrogen-bond acceptors (Lipinski definition) is 4. The molecule has 1 aliphatic rings.